The molecule has 0 saturated carbocycles. The van der Waals surface area contributed by atoms with E-state index in [0.717, 1.165) is 13.1 Å². The molecule has 0 unspecified atom stereocenters. The van der Waals surface area contributed by atoms with Gasteiger partial charge in [-0.2, -0.15) is 0 Å². The third-order valence-electron chi connectivity index (χ3n) is 1.29. The third-order valence-corrected chi connectivity index (χ3v) is 1.29. The molecule has 0 aromatic rings. The Morgan fingerprint density at radius 2 is 2.38 bits per heavy atom. The molecule has 8 heavy (non-hydrogen) atoms. The van der Waals surface area contributed by atoms with Crippen LogP contribution in [0.25, 0.3) is 0 Å². The van der Waals surface area contributed by atoms with Gasteiger partial charge in [-0.25, -0.2) is 0 Å². The summed E-state index contributed by atoms with van der Waals surface area (Å²) in [6, 6.07) is 0. The van der Waals surface area contributed by atoms with Crippen LogP contribution in [0, 0.1) is 18.3 Å². The second-order valence-corrected chi connectivity index (χ2v) is 1.86. The zero-order chi connectivity index (χ0) is 5.98. The van der Waals surface area contributed by atoms with E-state index in [4.69, 9.17) is 6.42 Å². The van der Waals surface area contributed by atoms with Crippen LogP contribution >= 0.6 is 0 Å². The van der Waals surface area contributed by atoms with Crippen molar-refractivity contribution in [3.8, 4) is 12.3 Å². The Balaban J connectivity index is 2.37. The summed E-state index contributed by atoms with van der Waals surface area (Å²) in [7, 11) is 0. The highest BCUT2D eigenvalue weighted by Gasteiger charge is 2.22. The molecule has 1 aliphatic heterocycles. The zero-order valence-corrected chi connectivity index (χ0v) is 4.48. The van der Waals surface area contributed by atoms with E-state index in [1.807, 2.05) is 0 Å². The zero-order valence-electron chi connectivity index (χ0n) is 4.48. The average Bonchev–Trinajstić information content (AvgIpc) is 1.62. The fraction of sp³-hybridized carbons (Fsp3) is 0.500. The predicted octanol–water partition coefficient (Wildman–Crippen LogP) is -0.592. The largest absolute Gasteiger partial charge is 0.315 e. The molecule has 0 aromatic carbocycles. The number of rotatable bonds is 1. The van der Waals surface area contributed by atoms with Crippen molar-refractivity contribution in [3.63, 3.8) is 0 Å². The minimum Gasteiger partial charge on any atom is -0.315 e. The van der Waals surface area contributed by atoms with Gasteiger partial charge in [0.1, 0.15) is 0 Å². The van der Waals surface area contributed by atoms with Crippen LogP contribution in [0.3, 0.4) is 0 Å². The van der Waals surface area contributed by atoms with Gasteiger partial charge in [-0.1, -0.05) is 0 Å². The van der Waals surface area contributed by atoms with Crippen molar-refractivity contribution >= 4 is 5.78 Å². The van der Waals surface area contributed by atoms with E-state index in [0.29, 0.717) is 0 Å². The van der Waals surface area contributed by atoms with E-state index >= 15 is 0 Å². The summed E-state index contributed by atoms with van der Waals surface area (Å²) in [5.41, 5.74) is 0. The maximum atomic E-state index is 10.5. The van der Waals surface area contributed by atoms with Gasteiger partial charge in [0.15, 0.2) is 0 Å². The molecule has 1 heterocycles. The summed E-state index contributed by atoms with van der Waals surface area (Å²) in [6.45, 7) is 1.53. The molecule has 1 aliphatic rings. The molecule has 2 heteroatoms. The number of Topliss-reactive ketones (excluding diaryl/α,β-unsaturated/α-hetero) is 1. The van der Waals surface area contributed by atoms with Crippen LogP contribution in [0.1, 0.15) is 0 Å². The molecule has 0 amide bonds. The molecule has 1 N–H and O–H groups in total. The molecule has 0 aromatic heterocycles. The number of hydrogen-bond donors (Lipinski definition) is 1. The van der Waals surface area contributed by atoms with Gasteiger partial charge in [-0.3, -0.25) is 4.79 Å². The average molecular weight is 109 g/mol. The summed E-state index contributed by atoms with van der Waals surface area (Å²) < 4.78 is 0. The van der Waals surface area contributed by atoms with Crippen LogP contribution in [-0.2, 0) is 4.79 Å². The van der Waals surface area contributed by atoms with Crippen molar-refractivity contribution in [3.05, 3.63) is 0 Å². The van der Waals surface area contributed by atoms with Gasteiger partial charge in [-0.15, -0.1) is 6.42 Å². The molecular formula is C6H7NO. The lowest BCUT2D eigenvalue weighted by molar-refractivity contribution is -0.118. The summed E-state index contributed by atoms with van der Waals surface area (Å²) in [5, 5.41) is 2.96. The highest BCUT2D eigenvalue weighted by Crippen LogP contribution is 2.01. The summed E-state index contributed by atoms with van der Waals surface area (Å²) in [5.74, 6) is 2.13. The van der Waals surface area contributed by atoms with Crippen molar-refractivity contribution in [1.82, 2.24) is 5.32 Å². The molecule has 0 bridgehead atoms. The third kappa shape index (κ3) is 0.728. The van der Waals surface area contributed by atoms with Crippen molar-refractivity contribution in [1.29, 1.82) is 0 Å². The molecule has 2 nitrogen and oxygen atoms in total. The van der Waals surface area contributed by atoms with Gasteiger partial charge >= 0.3 is 0 Å². The number of nitrogens with one attached hydrogen (secondary N) is 1. The maximum Gasteiger partial charge on any atom is 0.210 e. The Bertz CT molecular complexity index is 141. The second-order valence-electron chi connectivity index (χ2n) is 1.86. The van der Waals surface area contributed by atoms with E-state index in [9.17, 15) is 4.79 Å². The van der Waals surface area contributed by atoms with Crippen molar-refractivity contribution < 1.29 is 4.79 Å². The van der Waals surface area contributed by atoms with Crippen LogP contribution < -0.4 is 5.32 Å². The van der Waals surface area contributed by atoms with Gasteiger partial charge in [0.25, 0.3) is 0 Å². The van der Waals surface area contributed by atoms with Crippen LogP contribution in [0.2, 0.25) is 0 Å². The Morgan fingerprint density at radius 1 is 1.75 bits per heavy atom. The van der Waals surface area contributed by atoms with Crippen molar-refractivity contribution in [2.24, 2.45) is 5.92 Å². The SMILES string of the molecule is C#CC(=O)C1CNC1. The monoisotopic (exact) mass is 109 g/mol. The first-order valence-corrected chi connectivity index (χ1v) is 2.56. The molecular weight excluding hydrogens is 102 g/mol. The lowest BCUT2D eigenvalue weighted by Crippen LogP contribution is -2.46. The molecule has 0 radical (unpaired) electrons. The van der Waals surface area contributed by atoms with Gasteiger partial charge in [-0.05, 0) is 5.92 Å². The van der Waals surface area contributed by atoms with Crippen molar-refractivity contribution in [2.45, 2.75) is 0 Å². The van der Waals surface area contributed by atoms with Gasteiger partial charge in [0.05, 0.1) is 5.92 Å². The first kappa shape index (κ1) is 5.33. The maximum absolute atomic E-state index is 10.5. The summed E-state index contributed by atoms with van der Waals surface area (Å²) in [4.78, 5) is 10.5. The smallest absolute Gasteiger partial charge is 0.210 e. The fourth-order valence-electron chi connectivity index (χ4n) is 0.592. The van der Waals surface area contributed by atoms with Gasteiger partial charge in [0, 0.05) is 13.1 Å². The summed E-state index contributed by atoms with van der Waals surface area (Å²) in [6.07, 6.45) is 4.86. The van der Waals surface area contributed by atoms with Gasteiger partial charge in [0.2, 0.25) is 5.78 Å². The quantitative estimate of drug-likeness (QED) is 0.360. The predicted molar refractivity (Wildman–Crippen MR) is 30.2 cm³/mol. The minimum absolute atomic E-state index is 0.0660. The van der Waals surface area contributed by atoms with E-state index in [1.54, 1.807) is 0 Å². The first-order valence-electron chi connectivity index (χ1n) is 2.56. The number of carbonyl (C=O) groups is 1. The highest BCUT2D eigenvalue weighted by atomic mass is 16.1. The second kappa shape index (κ2) is 1.97. The van der Waals surface area contributed by atoms with Gasteiger partial charge < -0.3 is 5.32 Å². The molecule has 1 rings (SSSR count). The molecule has 1 saturated heterocycles. The van der Waals surface area contributed by atoms with Crippen LogP contribution in [0.5, 0.6) is 0 Å². The molecule has 42 valence electrons. The van der Waals surface area contributed by atoms with Crippen LogP contribution in [0.4, 0.5) is 0 Å². The molecule has 0 atom stereocenters. The number of hydrogen-bond acceptors (Lipinski definition) is 2. The van der Waals surface area contributed by atoms with E-state index in [-0.39, 0.29) is 11.7 Å². The van der Waals surface area contributed by atoms with Crippen LogP contribution in [-0.4, -0.2) is 18.9 Å². The Labute approximate surface area is 48.3 Å². The topological polar surface area (TPSA) is 29.1 Å². The Kier molecular flexibility index (Phi) is 1.32. The normalized spacial score (nSPS) is 18.9. The number of terminal acetylenes is 1. The first-order chi connectivity index (χ1) is 3.84. The van der Waals surface area contributed by atoms with E-state index in [1.165, 1.54) is 0 Å². The minimum atomic E-state index is -0.0660. The van der Waals surface area contributed by atoms with E-state index in [2.05, 4.69) is 11.2 Å². The highest BCUT2D eigenvalue weighted by molar-refractivity contribution is 5.97. The van der Waals surface area contributed by atoms with Crippen molar-refractivity contribution in [2.75, 3.05) is 13.1 Å². The standard InChI is InChI=1S/C6H7NO/c1-2-6(8)5-3-7-4-5/h1,5,7H,3-4H2. The summed E-state index contributed by atoms with van der Waals surface area (Å²) >= 11 is 0. The Morgan fingerprint density at radius 3 is 2.50 bits per heavy atom. The molecule has 0 spiro atoms. The Hall–Kier alpha value is -0.810. The van der Waals surface area contributed by atoms with E-state index < -0.39 is 0 Å². The lowest BCUT2D eigenvalue weighted by atomic mass is 9.99. The lowest BCUT2D eigenvalue weighted by Gasteiger charge is -2.22. The number of carbonyl (C=O) groups excluding carboxylic acids is 1. The number of ketones is 1. The molecule has 0 aliphatic carbocycles. The fourth-order valence-corrected chi connectivity index (χ4v) is 0.592. The van der Waals surface area contributed by atoms with Crippen LogP contribution in [0.15, 0.2) is 0 Å². The molecule has 1 fully saturated rings.